The highest BCUT2D eigenvalue weighted by Crippen LogP contribution is 2.32. The quantitative estimate of drug-likeness (QED) is 0.832. The first-order valence-electron chi connectivity index (χ1n) is 6.91. The molecule has 0 aromatic heterocycles. The average Bonchev–Trinajstić information content (AvgIpc) is 2.63. The fourth-order valence-electron chi connectivity index (χ4n) is 2.71. The predicted octanol–water partition coefficient (Wildman–Crippen LogP) is 4.55. The van der Waals surface area contributed by atoms with Crippen molar-refractivity contribution < 1.29 is 13.2 Å². The van der Waals surface area contributed by atoms with Crippen LogP contribution in [0.3, 0.4) is 0 Å². The first kappa shape index (κ1) is 14.4. The van der Waals surface area contributed by atoms with Crippen LogP contribution in [0.25, 0.3) is 0 Å². The standard InChI is InChI=1S/C15H20F3N/c1-2-11-3-8-14(19-10-9-11)12-4-6-13(7-5-12)15(16,17)18/h4-7,11,14,19H,2-3,8-10H2,1H3/t11-,14-/m0/s1. The number of nitrogens with one attached hydrogen (secondary N) is 1. The maximum absolute atomic E-state index is 12.5. The molecule has 0 unspecified atom stereocenters. The zero-order valence-electron chi connectivity index (χ0n) is 11.1. The largest absolute Gasteiger partial charge is 0.416 e. The molecule has 4 heteroatoms. The van der Waals surface area contributed by atoms with E-state index in [-0.39, 0.29) is 6.04 Å². The number of halogens is 3. The number of benzene rings is 1. The van der Waals surface area contributed by atoms with Gasteiger partial charge >= 0.3 is 6.18 Å². The van der Waals surface area contributed by atoms with E-state index < -0.39 is 11.7 Å². The molecule has 1 heterocycles. The molecule has 1 aromatic rings. The molecular formula is C15H20F3N. The van der Waals surface area contributed by atoms with Crippen LogP contribution < -0.4 is 5.32 Å². The van der Waals surface area contributed by atoms with E-state index >= 15 is 0 Å². The molecule has 1 saturated heterocycles. The molecule has 1 aliphatic heterocycles. The number of rotatable bonds is 2. The Morgan fingerprint density at radius 3 is 2.37 bits per heavy atom. The summed E-state index contributed by atoms with van der Waals surface area (Å²) >= 11 is 0. The van der Waals surface area contributed by atoms with E-state index in [1.54, 1.807) is 12.1 Å². The summed E-state index contributed by atoms with van der Waals surface area (Å²) in [4.78, 5) is 0. The third-order valence-corrected chi connectivity index (χ3v) is 4.02. The van der Waals surface area contributed by atoms with E-state index in [0.717, 1.165) is 37.3 Å². The van der Waals surface area contributed by atoms with Crippen LogP contribution in [0, 0.1) is 5.92 Å². The predicted molar refractivity (Wildman–Crippen MR) is 69.8 cm³/mol. The van der Waals surface area contributed by atoms with Gasteiger partial charge in [-0.25, -0.2) is 0 Å². The van der Waals surface area contributed by atoms with Crippen LogP contribution >= 0.6 is 0 Å². The van der Waals surface area contributed by atoms with Crippen LogP contribution in [-0.2, 0) is 6.18 Å². The molecule has 0 aliphatic carbocycles. The maximum Gasteiger partial charge on any atom is 0.416 e. The monoisotopic (exact) mass is 271 g/mol. The summed E-state index contributed by atoms with van der Waals surface area (Å²) in [7, 11) is 0. The Labute approximate surface area is 112 Å². The number of hydrogen-bond donors (Lipinski definition) is 1. The Bertz CT molecular complexity index is 397. The van der Waals surface area contributed by atoms with Gasteiger partial charge in [-0.2, -0.15) is 13.2 Å². The van der Waals surface area contributed by atoms with Gasteiger partial charge in [0.05, 0.1) is 5.56 Å². The molecule has 2 rings (SSSR count). The third kappa shape index (κ3) is 3.72. The van der Waals surface area contributed by atoms with Crippen LogP contribution in [-0.4, -0.2) is 6.54 Å². The Hall–Kier alpha value is -1.03. The molecule has 19 heavy (non-hydrogen) atoms. The van der Waals surface area contributed by atoms with Gasteiger partial charge in [0.2, 0.25) is 0 Å². The molecule has 0 spiro atoms. The minimum atomic E-state index is -4.25. The summed E-state index contributed by atoms with van der Waals surface area (Å²) in [6.45, 7) is 3.15. The molecule has 0 saturated carbocycles. The average molecular weight is 271 g/mol. The van der Waals surface area contributed by atoms with E-state index in [4.69, 9.17) is 0 Å². The highest BCUT2D eigenvalue weighted by atomic mass is 19.4. The number of alkyl halides is 3. The van der Waals surface area contributed by atoms with Crippen LogP contribution in [0.4, 0.5) is 13.2 Å². The summed E-state index contributed by atoms with van der Waals surface area (Å²) in [5, 5.41) is 3.44. The van der Waals surface area contributed by atoms with Crippen molar-refractivity contribution in [3.8, 4) is 0 Å². The van der Waals surface area contributed by atoms with Crippen molar-refractivity contribution in [2.45, 2.75) is 44.8 Å². The van der Waals surface area contributed by atoms with E-state index in [0.29, 0.717) is 0 Å². The van der Waals surface area contributed by atoms with E-state index in [1.807, 2.05) is 0 Å². The molecule has 1 N–H and O–H groups in total. The molecule has 1 fully saturated rings. The van der Waals surface area contributed by atoms with Gasteiger partial charge < -0.3 is 5.32 Å². The second kappa shape index (κ2) is 5.95. The summed E-state index contributed by atoms with van der Waals surface area (Å²) < 4.78 is 37.5. The maximum atomic E-state index is 12.5. The van der Waals surface area contributed by atoms with Crippen molar-refractivity contribution in [1.82, 2.24) is 5.32 Å². The van der Waals surface area contributed by atoms with Crippen LogP contribution in [0.1, 0.15) is 49.8 Å². The highest BCUT2D eigenvalue weighted by molar-refractivity contribution is 5.27. The molecule has 2 atom stereocenters. The topological polar surface area (TPSA) is 12.0 Å². The van der Waals surface area contributed by atoms with Crippen molar-refractivity contribution >= 4 is 0 Å². The lowest BCUT2D eigenvalue weighted by atomic mass is 9.94. The lowest BCUT2D eigenvalue weighted by Gasteiger charge is -2.17. The second-order valence-electron chi connectivity index (χ2n) is 5.27. The van der Waals surface area contributed by atoms with Crippen LogP contribution in [0.2, 0.25) is 0 Å². The fraction of sp³-hybridized carbons (Fsp3) is 0.600. The van der Waals surface area contributed by atoms with Crippen molar-refractivity contribution in [3.05, 3.63) is 35.4 Å². The van der Waals surface area contributed by atoms with Gasteiger partial charge in [0.15, 0.2) is 0 Å². The van der Waals surface area contributed by atoms with Gasteiger partial charge in [0, 0.05) is 6.04 Å². The van der Waals surface area contributed by atoms with Crippen molar-refractivity contribution in [3.63, 3.8) is 0 Å². The molecule has 1 nitrogen and oxygen atoms in total. The van der Waals surface area contributed by atoms with Gasteiger partial charge in [-0.3, -0.25) is 0 Å². The SMILES string of the molecule is CC[C@@H]1CCN[C@H](c2ccc(C(F)(F)F)cc2)CC1. The minimum absolute atomic E-state index is 0.193. The van der Waals surface area contributed by atoms with Crippen LogP contribution in [0.5, 0.6) is 0 Å². The molecule has 1 aliphatic rings. The van der Waals surface area contributed by atoms with Gasteiger partial charge in [0.25, 0.3) is 0 Å². The molecular weight excluding hydrogens is 251 g/mol. The van der Waals surface area contributed by atoms with Gasteiger partial charge in [-0.15, -0.1) is 0 Å². The summed E-state index contributed by atoms with van der Waals surface area (Å²) in [6.07, 6.45) is 0.247. The van der Waals surface area contributed by atoms with Crippen molar-refractivity contribution in [2.75, 3.05) is 6.54 Å². The highest BCUT2D eigenvalue weighted by Gasteiger charge is 2.30. The van der Waals surface area contributed by atoms with E-state index in [9.17, 15) is 13.2 Å². The van der Waals surface area contributed by atoms with Gasteiger partial charge in [-0.1, -0.05) is 25.5 Å². The molecule has 106 valence electrons. The Morgan fingerprint density at radius 2 is 1.79 bits per heavy atom. The van der Waals surface area contributed by atoms with E-state index in [2.05, 4.69) is 12.2 Å². The fourth-order valence-corrected chi connectivity index (χ4v) is 2.71. The summed E-state index contributed by atoms with van der Waals surface area (Å²) in [5.41, 5.74) is 0.390. The van der Waals surface area contributed by atoms with Gasteiger partial charge in [-0.05, 0) is 49.4 Å². The Morgan fingerprint density at radius 1 is 1.11 bits per heavy atom. The Balaban J connectivity index is 2.06. The zero-order valence-corrected chi connectivity index (χ0v) is 11.1. The minimum Gasteiger partial charge on any atom is -0.310 e. The molecule has 0 bridgehead atoms. The Kier molecular flexibility index (Phi) is 4.50. The van der Waals surface area contributed by atoms with E-state index in [1.165, 1.54) is 18.6 Å². The van der Waals surface area contributed by atoms with Crippen LogP contribution in [0.15, 0.2) is 24.3 Å². The molecule has 0 radical (unpaired) electrons. The first-order valence-corrected chi connectivity index (χ1v) is 6.91. The normalized spacial score (nSPS) is 25.1. The lowest BCUT2D eigenvalue weighted by Crippen LogP contribution is -2.20. The third-order valence-electron chi connectivity index (χ3n) is 4.02. The summed E-state index contributed by atoms with van der Waals surface area (Å²) in [6, 6.07) is 5.76. The molecule has 1 aromatic carbocycles. The van der Waals surface area contributed by atoms with Crippen molar-refractivity contribution in [1.29, 1.82) is 0 Å². The first-order chi connectivity index (χ1) is 9.00. The number of hydrogen-bond acceptors (Lipinski definition) is 1. The summed E-state index contributed by atoms with van der Waals surface area (Å²) in [5.74, 6) is 0.743. The van der Waals surface area contributed by atoms with Crippen molar-refractivity contribution in [2.24, 2.45) is 5.92 Å². The van der Waals surface area contributed by atoms with Gasteiger partial charge in [0.1, 0.15) is 0 Å². The smallest absolute Gasteiger partial charge is 0.310 e. The zero-order chi connectivity index (χ0) is 13.9. The molecule has 0 amide bonds. The second-order valence-corrected chi connectivity index (χ2v) is 5.27. The lowest BCUT2D eigenvalue weighted by molar-refractivity contribution is -0.137.